The highest BCUT2D eigenvalue weighted by atomic mass is 16.7. The molecule has 3 atom stereocenters. The van der Waals surface area contributed by atoms with E-state index in [4.69, 9.17) is 14.2 Å². The lowest BCUT2D eigenvalue weighted by atomic mass is 9.91. The molecule has 6 heteroatoms. The van der Waals surface area contributed by atoms with E-state index < -0.39 is 18.0 Å². The molecule has 3 aromatic carbocycles. The van der Waals surface area contributed by atoms with E-state index >= 15 is 0 Å². The maximum Gasteiger partial charge on any atom is 0.222 e. The number of fused-ring (bicyclic) bond motifs is 1. The largest absolute Gasteiger partial charge is 0.396 e. The molecule has 3 unspecified atom stereocenters. The third-order valence-electron chi connectivity index (χ3n) is 6.65. The van der Waals surface area contributed by atoms with E-state index in [0.717, 1.165) is 34.7 Å². The van der Waals surface area contributed by atoms with E-state index in [9.17, 15) is 9.90 Å². The van der Waals surface area contributed by atoms with E-state index in [2.05, 4.69) is 29.2 Å². The molecule has 2 heterocycles. The van der Waals surface area contributed by atoms with E-state index in [0.29, 0.717) is 25.3 Å². The molecule has 1 aliphatic rings. The molecular weight excluding hydrogens is 454 g/mol. The number of hydrogen-bond acceptors (Lipinski definition) is 5. The Bertz CT molecular complexity index is 1340. The highest BCUT2D eigenvalue weighted by molar-refractivity contribution is 5.83. The second-order valence-electron chi connectivity index (χ2n) is 9.10. The zero-order chi connectivity index (χ0) is 24.8. The van der Waals surface area contributed by atoms with Gasteiger partial charge in [0.1, 0.15) is 12.2 Å². The van der Waals surface area contributed by atoms with E-state index in [1.54, 1.807) is 6.20 Å². The van der Waals surface area contributed by atoms with Gasteiger partial charge < -0.3 is 24.3 Å². The molecule has 0 bridgehead atoms. The second-order valence-corrected chi connectivity index (χ2v) is 9.10. The minimum absolute atomic E-state index is 0.106. The fourth-order valence-corrected chi connectivity index (χ4v) is 4.85. The number of hydrogen-bond donors (Lipinski definition) is 2. The number of aliphatic hydroxyl groups is 1. The number of pyridine rings is 1. The predicted octanol–water partition coefficient (Wildman–Crippen LogP) is 5.22. The molecule has 0 amide bonds. The quantitative estimate of drug-likeness (QED) is 0.340. The van der Waals surface area contributed by atoms with Crippen molar-refractivity contribution in [3.8, 4) is 0 Å². The summed E-state index contributed by atoms with van der Waals surface area (Å²) < 4.78 is 19.8. The third-order valence-corrected chi connectivity index (χ3v) is 6.65. The number of ether oxygens (including phenoxy) is 3. The van der Waals surface area contributed by atoms with Crippen LogP contribution in [0.25, 0.3) is 10.8 Å². The van der Waals surface area contributed by atoms with E-state index in [1.165, 1.54) is 12.1 Å². The summed E-state index contributed by atoms with van der Waals surface area (Å²) in [5.41, 5.74) is 2.37. The van der Waals surface area contributed by atoms with Crippen molar-refractivity contribution < 1.29 is 19.3 Å². The number of rotatable bonds is 9. The van der Waals surface area contributed by atoms with E-state index in [-0.39, 0.29) is 12.0 Å². The summed E-state index contributed by atoms with van der Waals surface area (Å²) in [5, 5.41) is 12.1. The van der Waals surface area contributed by atoms with Gasteiger partial charge in [-0.1, -0.05) is 66.7 Å². The van der Waals surface area contributed by atoms with Crippen molar-refractivity contribution in [1.29, 1.82) is 0 Å². The zero-order valence-corrected chi connectivity index (χ0v) is 20.1. The highest BCUT2D eigenvalue weighted by Gasteiger charge is 2.48. The number of aromatic nitrogens is 1. The summed E-state index contributed by atoms with van der Waals surface area (Å²) in [6.45, 7) is 0.820. The van der Waals surface area contributed by atoms with Crippen molar-refractivity contribution in [2.45, 2.75) is 43.9 Å². The Kier molecular flexibility index (Phi) is 7.58. The van der Waals surface area contributed by atoms with Crippen molar-refractivity contribution in [2.75, 3.05) is 13.2 Å². The summed E-state index contributed by atoms with van der Waals surface area (Å²) >= 11 is 0. The summed E-state index contributed by atoms with van der Waals surface area (Å²) in [4.78, 5) is 15.2. The first kappa shape index (κ1) is 24.4. The van der Waals surface area contributed by atoms with Crippen LogP contribution >= 0.6 is 0 Å². The van der Waals surface area contributed by atoms with Gasteiger partial charge in [0.05, 0.1) is 13.2 Å². The normalized spacial score (nSPS) is 20.9. The molecule has 0 aliphatic carbocycles. The number of aliphatic hydroxyl groups excluding tert-OH is 1. The van der Waals surface area contributed by atoms with Crippen LogP contribution in [0.5, 0.6) is 0 Å². The lowest BCUT2D eigenvalue weighted by Gasteiger charge is -2.45. The van der Waals surface area contributed by atoms with Gasteiger partial charge in [0.15, 0.2) is 5.43 Å². The van der Waals surface area contributed by atoms with Crippen molar-refractivity contribution in [3.63, 3.8) is 0 Å². The van der Waals surface area contributed by atoms with Crippen LogP contribution < -0.4 is 5.43 Å². The van der Waals surface area contributed by atoms with Gasteiger partial charge in [-0.2, -0.15) is 0 Å². The third kappa shape index (κ3) is 5.27. The first-order chi connectivity index (χ1) is 17.7. The number of aromatic amines is 1. The van der Waals surface area contributed by atoms with Crippen molar-refractivity contribution >= 4 is 10.8 Å². The monoisotopic (exact) mass is 485 g/mol. The fraction of sp³-hybridized carbons (Fsp3) is 0.300. The average molecular weight is 486 g/mol. The van der Waals surface area contributed by atoms with Crippen LogP contribution in [0.4, 0.5) is 0 Å². The second kappa shape index (κ2) is 11.2. The van der Waals surface area contributed by atoms with Gasteiger partial charge in [0, 0.05) is 42.6 Å². The standard InChI is InChI=1S/C30H31NO5/c32-17-15-28(27-20-26(33)14-16-31-27)36-30(25-13-12-23-9-4-5-10-24(23)19-25)29(11-6-18-35-30)34-21-22-7-2-1-3-8-22/h1-5,7-10,12-14,16,19-20,28-29,32H,6,11,15,17-18,21H2,(H,31,33). The average Bonchev–Trinajstić information content (AvgIpc) is 2.92. The Morgan fingerprint density at radius 2 is 1.81 bits per heavy atom. The lowest BCUT2D eigenvalue weighted by molar-refractivity contribution is -0.339. The Morgan fingerprint density at radius 1 is 1.00 bits per heavy atom. The predicted molar refractivity (Wildman–Crippen MR) is 138 cm³/mol. The van der Waals surface area contributed by atoms with Gasteiger partial charge in [-0.25, -0.2) is 0 Å². The maximum absolute atomic E-state index is 12.1. The van der Waals surface area contributed by atoms with Crippen molar-refractivity contribution in [1.82, 2.24) is 4.98 Å². The first-order valence-corrected chi connectivity index (χ1v) is 12.4. The molecule has 1 aliphatic heterocycles. The fourth-order valence-electron chi connectivity index (χ4n) is 4.85. The molecule has 4 aromatic rings. The van der Waals surface area contributed by atoms with Crippen LogP contribution in [0.3, 0.4) is 0 Å². The first-order valence-electron chi connectivity index (χ1n) is 12.4. The molecule has 2 N–H and O–H groups in total. The molecule has 36 heavy (non-hydrogen) atoms. The summed E-state index contributed by atoms with van der Waals surface area (Å²) in [6, 6.07) is 27.3. The minimum atomic E-state index is -1.22. The van der Waals surface area contributed by atoms with Crippen LogP contribution in [0.15, 0.2) is 95.9 Å². The molecule has 1 aromatic heterocycles. The van der Waals surface area contributed by atoms with Gasteiger partial charge in [-0.05, 0) is 35.2 Å². The molecule has 0 radical (unpaired) electrons. The van der Waals surface area contributed by atoms with Gasteiger partial charge in [-0.3, -0.25) is 4.79 Å². The van der Waals surface area contributed by atoms with Gasteiger partial charge in [0.2, 0.25) is 5.79 Å². The van der Waals surface area contributed by atoms with Crippen LogP contribution in [0.2, 0.25) is 0 Å². The Labute approximate surface area is 210 Å². The summed E-state index contributed by atoms with van der Waals surface area (Å²) in [7, 11) is 0. The molecule has 5 rings (SSSR count). The molecule has 1 saturated heterocycles. The lowest BCUT2D eigenvalue weighted by Crippen LogP contribution is -2.50. The molecule has 6 nitrogen and oxygen atoms in total. The smallest absolute Gasteiger partial charge is 0.222 e. The summed E-state index contributed by atoms with van der Waals surface area (Å²) in [5.74, 6) is -1.22. The van der Waals surface area contributed by atoms with Crippen molar-refractivity contribution in [2.24, 2.45) is 0 Å². The Balaban J connectivity index is 1.57. The number of nitrogens with one attached hydrogen (secondary N) is 1. The van der Waals surface area contributed by atoms with Crippen molar-refractivity contribution in [3.05, 3.63) is 118 Å². The van der Waals surface area contributed by atoms with Crippen LogP contribution in [0.1, 0.15) is 42.2 Å². The zero-order valence-electron chi connectivity index (χ0n) is 20.1. The number of benzene rings is 3. The molecule has 186 valence electrons. The molecule has 0 spiro atoms. The summed E-state index contributed by atoms with van der Waals surface area (Å²) in [6.07, 6.45) is 2.48. The van der Waals surface area contributed by atoms with Gasteiger partial charge in [0.25, 0.3) is 0 Å². The minimum Gasteiger partial charge on any atom is -0.396 e. The van der Waals surface area contributed by atoms with Gasteiger partial charge in [-0.15, -0.1) is 0 Å². The SMILES string of the molecule is O=c1cc[nH]c(C(CCO)OC2(c3ccc4ccccc4c3)OCCCC2OCc2ccccc2)c1. The molecule has 0 saturated carbocycles. The molecule has 1 fully saturated rings. The number of H-pyrrole nitrogens is 1. The maximum atomic E-state index is 12.1. The van der Waals surface area contributed by atoms with Crippen LogP contribution in [-0.4, -0.2) is 29.4 Å². The Morgan fingerprint density at radius 3 is 2.61 bits per heavy atom. The van der Waals surface area contributed by atoms with Crippen LogP contribution in [-0.2, 0) is 26.6 Å². The topological polar surface area (TPSA) is 80.8 Å². The molecular formula is C30H31NO5. The Hall–Kier alpha value is -3.29. The van der Waals surface area contributed by atoms with E-state index in [1.807, 2.05) is 48.5 Å². The van der Waals surface area contributed by atoms with Gasteiger partial charge >= 0.3 is 0 Å². The highest BCUT2D eigenvalue weighted by Crippen LogP contribution is 2.43. The van der Waals surface area contributed by atoms with Crippen LogP contribution in [0, 0.1) is 0 Å².